The number of methoxy groups -OCH3 is 1. The van der Waals surface area contributed by atoms with Gasteiger partial charge >= 0.3 is 5.97 Å². The van der Waals surface area contributed by atoms with E-state index in [0.29, 0.717) is 30.7 Å². The predicted molar refractivity (Wildman–Crippen MR) is 155 cm³/mol. The SMILES string of the molecule is COc1cccc2[nH]c(C(=O)NC(CC(C)C)C(=O)NC(C[C@@H]3CCNC3=O)C(=O)COC(C)C(C)(C)C(=O)O)cc12. The number of Topliss-reactive ketones (excluding diaryl/α,β-unsaturated/α-hetero) is 1. The predicted octanol–water partition coefficient (Wildman–Crippen LogP) is 2.42. The van der Waals surface area contributed by atoms with E-state index in [1.807, 2.05) is 19.9 Å². The van der Waals surface area contributed by atoms with Gasteiger partial charge in [0.2, 0.25) is 11.8 Å². The van der Waals surface area contributed by atoms with Crippen molar-refractivity contribution in [1.82, 2.24) is 20.9 Å². The number of carbonyl (C=O) groups is 5. The van der Waals surface area contributed by atoms with Gasteiger partial charge in [-0.1, -0.05) is 19.9 Å². The summed E-state index contributed by atoms with van der Waals surface area (Å²) in [6, 6.07) is 4.99. The maximum absolute atomic E-state index is 13.5. The van der Waals surface area contributed by atoms with E-state index in [0.717, 1.165) is 5.39 Å². The first-order chi connectivity index (χ1) is 19.7. The Labute approximate surface area is 245 Å². The van der Waals surface area contributed by atoms with Crippen molar-refractivity contribution in [3.8, 4) is 5.75 Å². The van der Waals surface area contributed by atoms with Crippen LogP contribution >= 0.6 is 0 Å². The quantitative estimate of drug-likeness (QED) is 0.211. The number of carbonyl (C=O) groups excluding carboxylic acids is 4. The molecule has 230 valence electrons. The van der Waals surface area contributed by atoms with Gasteiger partial charge in [-0.15, -0.1) is 0 Å². The van der Waals surface area contributed by atoms with Crippen LogP contribution in [0.15, 0.2) is 24.3 Å². The molecular formula is C30H42N4O8. The third kappa shape index (κ3) is 7.87. The number of hydrogen-bond donors (Lipinski definition) is 5. The van der Waals surface area contributed by atoms with Gasteiger partial charge in [0.1, 0.15) is 24.1 Å². The highest BCUT2D eigenvalue weighted by Gasteiger charge is 2.37. The zero-order valence-corrected chi connectivity index (χ0v) is 25.0. The van der Waals surface area contributed by atoms with Gasteiger partial charge in [0, 0.05) is 23.4 Å². The van der Waals surface area contributed by atoms with E-state index >= 15 is 0 Å². The second-order valence-corrected chi connectivity index (χ2v) is 11.8. The van der Waals surface area contributed by atoms with Gasteiger partial charge in [-0.05, 0) is 64.2 Å². The molecule has 0 spiro atoms. The Bertz CT molecular complexity index is 1320. The number of aromatic amines is 1. The Kier molecular flexibility index (Phi) is 10.7. The number of benzene rings is 1. The highest BCUT2D eigenvalue weighted by atomic mass is 16.5. The van der Waals surface area contributed by atoms with Crippen LogP contribution in [0, 0.1) is 17.3 Å². The maximum atomic E-state index is 13.5. The van der Waals surface area contributed by atoms with Crippen LogP contribution in [0.5, 0.6) is 5.75 Å². The molecule has 3 rings (SSSR count). The molecule has 0 bridgehead atoms. The van der Waals surface area contributed by atoms with Crippen molar-refractivity contribution in [2.45, 2.75) is 72.1 Å². The number of nitrogens with one attached hydrogen (secondary N) is 4. The molecule has 1 saturated heterocycles. The van der Waals surface area contributed by atoms with Crippen LogP contribution in [0.2, 0.25) is 0 Å². The molecule has 4 atom stereocenters. The summed E-state index contributed by atoms with van der Waals surface area (Å²) in [6.45, 7) is 8.39. The highest BCUT2D eigenvalue weighted by molar-refractivity contribution is 6.02. The molecule has 12 nitrogen and oxygen atoms in total. The molecule has 0 aliphatic carbocycles. The van der Waals surface area contributed by atoms with Gasteiger partial charge in [0.25, 0.3) is 5.91 Å². The summed E-state index contributed by atoms with van der Waals surface area (Å²) in [5, 5.41) is 18.4. The minimum absolute atomic E-state index is 0.0288. The van der Waals surface area contributed by atoms with Gasteiger partial charge in [-0.3, -0.25) is 24.0 Å². The molecular weight excluding hydrogens is 544 g/mol. The number of hydrogen-bond acceptors (Lipinski definition) is 7. The van der Waals surface area contributed by atoms with Crippen molar-refractivity contribution in [2.24, 2.45) is 17.3 Å². The van der Waals surface area contributed by atoms with Crippen molar-refractivity contribution in [2.75, 3.05) is 20.3 Å². The molecule has 3 unspecified atom stereocenters. The zero-order valence-electron chi connectivity index (χ0n) is 25.0. The van der Waals surface area contributed by atoms with Crippen molar-refractivity contribution in [1.29, 1.82) is 0 Å². The second kappa shape index (κ2) is 13.8. The molecule has 1 aliphatic heterocycles. The summed E-state index contributed by atoms with van der Waals surface area (Å²) in [5.41, 5.74) is -0.302. The fourth-order valence-electron chi connectivity index (χ4n) is 4.75. The molecule has 1 aromatic heterocycles. The lowest BCUT2D eigenvalue weighted by Crippen LogP contribution is -2.53. The van der Waals surface area contributed by atoms with E-state index in [2.05, 4.69) is 20.9 Å². The first-order valence-corrected chi connectivity index (χ1v) is 14.2. The Morgan fingerprint density at radius 1 is 1.12 bits per heavy atom. The summed E-state index contributed by atoms with van der Waals surface area (Å²) in [7, 11) is 1.54. The number of ether oxygens (including phenoxy) is 2. The van der Waals surface area contributed by atoms with Crippen LogP contribution in [0.4, 0.5) is 0 Å². The summed E-state index contributed by atoms with van der Waals surface area (Å²) in [5.74, 6) is -2.69. The van der Waals surface area contributed by atoms with Gasteiger partial charge in [0.05, 0.1) is 24.7 Å². The number of aliphatic carboxylic acids is 1. The van der Waals surface area contributed by atoms with Crippen LogP contribution in [-0.2, 0) is 23.9 Å². The van der Waals surface area contributed by atoms with Crippen LogP contribution in [0.1, 0.15) is 64.4 Å². The van der Waals surface area contributed by atoms with E-state index in [1.165, 1.54) is 21.0 Å². The molecule has 2 heterocycles. The normalized spacial score (nSPS) is 17.4. The number of aromatic nitrogens is 1. The molecule has 0 saturated carbocycles. The van der Waals surface area contributed by atoms with Crippen LogP contribution in [0.3, 0.4) is 0 Å². The number of fused-ring (bicyclic) bond motifs is 1. The van der Waals surface area contributed by atoms with E-state index < -0.39 is 59.7 Å². The number of amides is 3. The van der Waals surface area contributed by atoms with Crippen LogP contribution < -0.4 is 20.7 Å². The van der Waals surface area contributed by atoms with E-state index in [1.54, 1.807) is 25.1 Å². The van der Waals surface area contributed by atoms with E-state index in [4.69, 9.17) is 9.47 Å². The lowest BCUT2D eigenvalue weighted by atomic mass is 9.87. The summed E-state index contributed by atoms with van der Waals surface area (Å²) in [4.78, 5) is 67.0. The third-order valence-corrected chi connectivity index (χ3v) is 7.85. The number of ketones is 1. The molecule has 2 aromatic rings. The fourth-order valence-corrected chi connectivity index (χ4v) is 4.75. The minimum Gasteiger partial charge on any atom is -0.496 e. The lowest BCUT2D eigenvalue weighted by molar-refractivity contribution is -0.157. The molecule has 3 amide bonds. The van der Waals surface area contributed by atoms with Gasteiger partial charge in [0.15, 0.2) is 5.78 Å². The number of carboxylic acid groups (broad SMARTS) is 1. The van der Waals surface area contributed by atoms with Gasteiger partial charge in [-0.25, -0.2) is 0 Å². The topological polar surface area (TPSA) is 176 Å². The maximum Gasteiger partial charge on any atom is 0.311 e. The average molecular weight is 587 g/mol. The molecule has 1 fully saturated rings. The van der Waals surface area contributed by atoms with Crippen molar-refractivity contribution in [3.63, 3.8) is 0 Å². The van der Waals surface area contributed by atoms with Gasteiger partial charge < -0.3 is 35.5 Å². The average Bonchev–Trinajstić information content (AvgIpc) is 3.56. The molecule has 0 radical (unpaired) electrons. The minimum atomic E-state index is -1.25. The number of rotatable bonds is 15. The van der Waals surface area contributed by atoms with Crippen LogP contribution in [-0.4, -0.2) is 78.0 Å². The summed E-state index contributed by atoms with van der Waals surface area (Å²) < 4.78 is 11.0. The standard InChI is InChI=1S/C30H42N4O8/c1-16(2)12-22(34-28(38)23-14-19-20(32-23)8-7-9-25(19)41-6)27(37)33-21(13-18-10-11-31-26(18)36)24(35)15-42-17(3)30(4,5)29(39)40/h7-9,14,16-18,21-22,32H,10-13,15H2,1-6H3,(H,31,36)(H,33,37)(H,34,38)(H,39,40)/t17?,18-,21?,22?/m0/s1. The zero-order chi connectivity index (χ0) is 31.2. The monoisotopic (exact) mass is 586 g/mol. The highest BCUT2D eigenvalue weighted by Crippen LogP contribution is 2.26. The Morgan fingerprint density at radius 3 is 2.43 bits per heavy atom. The smallest absolute Gasteiger partial charge is 0.311 e. The number of H-pyrrole nitrogens is 1. The van der Waals surface area contributed by atoms with E-state index in [9.17, 15) is 29.1 Å². The van der Waals surface area contributed by atoms with Crippen molar-refractivity contribution < 1.29 is 38.6 Å². The molecule has 1 aliphatic rings. The van der Waals surface area contributed by atoms with E-state index in [-0.39, 0.29) is 23.9 Å². The lowest BCUT2D eigenvalue weighted by Gasteiger charge is -2.28. The van der Waals surface area contributed by atoms with Crippen molar-refractivity contribution >= 4 is 40.4 Å². The summed E-state index contributed by atoms with van der Waals surface area (Å²) in [6.07, 6.45) is 0.0676. The molecule has 12 heteroatoms. The number of carboxylic acids is 1. The molecule has 5 N–H and O–H groups in total. The third-order valence-electron chi connectivity index (χ3n) is 7.85. The molecule has 42 heavy (non-hydrogen) atoms. The van der Waals surface area contributed by atoms with Crippen LogP contribution in [0.25, 0.3) is 10.9 Å². The summed E-state index contributed by atoms with van der Waals surface area (Å²) >= 11 is 0. The first kappa shape index (κ1) is 32.6. The fraction of sp³-hybridized carbons (Fsp3) is 0.567. The second-order valence-electron chi connectivity index (χ2n) is 11.8. The Morgan fingerprint density at radius 2 is 1.83 bits per heavy atom. The Hall–Kier alpha value is -3.93. The van der Waals surface area contributed by atoms with Gasteiger partial charge in [-0.2, -0.15) is 0 Å². The Balaban J connectivity index is 1.77. The van der Waals surface area contributed by atoms with Crippen molar-refractivity contribution in [3.05, 3.63) is 30.0 Å². The first-order valence-electron chi connectivity index (χ1n) is 14.2. The largest absolute Gasteiger partial charge is 0.496 e. The molecule has 1 aromatic carbocycles.